The van der Waals surface area contributed by atoms with Gasteiger partial charge in [0.05, 0.1) is 15.9 Å². The topological polar surface area (TPSA) is 75.2 Å². The number of halogens is 2. The Hall–Kier alpha value is -2.52. The van der Waals surface area contributed by atoms with E-state index in [9.17, 15) is 22.0 Å². The second-order valence-electron chi connectivity index (χ2n) is 6.56. The van der Waals surface area contributed by atoms with E-state index in [0.717, 1.165) is 23.2 Å². The van der Waals surface area contributed by atoms with Crippen LogP contribution < -0.4 is 5.69 Å². The molecule has 6 nitrogen and oxygen atoms in total. The molecule has 2 heterocycles. The van der Waals surface area contributed by atoms with E-state index in [1.54, 1.807) is 4.57 Å². The lowest BCUT2D eigenvalue weighted by Crippen LogP contribution is -2.40. The molecule has 0 radical (unpaired) electrons. The molecule has 0 spiro atoms. The third-order valence-electron chi connectivity index (χ3n) is 4.89. The zero-order valence-electron chi connectivity index (χ0n) is 14.2. The predicted octanol–water partition coefficient (Wildman–Crippen LogP) is 2.63. The molecule has 1 N–H and O–H groups in total. The molecule has 1 aliphatic rings. The summed E-state index contributed by atoms with van der Waals surface area (Å²) in [5, 5.41) is 0. The number of piperidine rings is 1. The normalized spacial score (nSPS) is 16.8. The Morgan fingerprint density at radius 1 is 1.00 bits per heavy atom. The fraction of sp³-hybridized carbons (Fsp3) is 0.278. The SMILES string of the molecule is O=c1[nH]c2ccccc2n1C1CCN(S(=O)(=O)c2cc(F)cc(F)c2)CC1. The highest BCUT2D eigenvalue weighted by Gasteiger charge is 2.31. The van der Waals surface area contributed by atoms with E-state index < -0.39 is 26.6 Å². The van der Waals surface area contributed by atoms with E-state index in [1.807, 2.05) is 24.3 Å². The van der Waals surface area contributed by atoms with Crippen LogP contribution in [0.2, 0.25) is 0 Å². The van der Waals surface area contributed by atoms with Gasteiger partial charge in [0, 0.05) is 25.2 Å². The molecular formula is C18H17F2N3O3S. The van der Waals surface area contributed by atoms with Crippen LogP contribution in [0.1, 0.15) is 18.9 Å². The lowest BCUT2D eigenvalue weighted by molar-refractivity contribution is 0.274. The van der Waals surface area contributed by atoms with Crippen LogP contribution in [0, 0.1) is 11.6 Å². The van der Waals surface area contributed by atoms with Gasteiger partial charge in [0.2, 0.25) is 10.0 Å². The summed E-state index contributed by atoms with van der Waals surface area (Å²) in [5.41, 5.74) is 1.27. The number of sulfonamides is 1. The second kappa shape index (κ2) is 6.58. The maximum atomic E-state index is 13.4. The molecule has 3 aromatic rings. The molecule has 1 saturated heterocycles. The fourth-order valence-corrected chi connectivity index (χ4v) is 5.12. The molecule has 142 valence electrons. The van der Waals surface area contributed by atoms with Gasteiger partial charge in [0.1, 0.15) is 11.6 Å². The number of fused-ring (bicyclic) bond motifs is 1. The average Bonchev–Trinajstić information content (AvgIpc) is 2.96. The van der Waals surface area contributed by atoms with Gasteiger partial charge in [-0.3, -0.25) is 4.57 Å². The summed E-state index contributed by atoms with van der Waals surface area (Å²) in [6.45, 7) is 0.328. The molecule has 1 aromatic heterocycles. The van der Waals surface area contributed by atoms with Gasteiger partial charge in [-0.25, -0.2) is 22.0 Å². The molecule has 1 aliphatic heterocycles. The van der Waals surface area contributed by atoms with Crippen LogP contribution >= 0.6 is 0 Å². The number of hydrogen-bond acceptors (Lipinski definition) is 3. The molecule has 0 bridgehead atoms. The Balaban J connectivity index is 1.58. The van der Waals surface area contributed by atoms with Crippen LogP contribution in [0.5, 0.6) is 0 Å². The number of nitrogens with one attached hydrogen (secondary N) is 1. The number of benzene rings is 2. The van der Waals surface area contributed by atoms with Crippen LogP contribution in [-0.2, 0) is 10.0 Å². The van der Waals surface area contributed by atoms with Gasteiger partial charge in [-0.05, 0) is 37.1 Å². The van der Waals surface area contributed by atoms with Crippen molar-refractivity contribution in [1.29, 1.82) is 0 Å². The lowest BCUT2D eigenvalue weighted by atomic mass is 10.1. The van der Waals surface area contributed by atoms with Crippen LogP contribution in [0.4, 0.5) is 8.78 Å². The Morgan fingerprint density at radius 2 is 1.63 bits per heavy atom. The molecule has 27 heavy (non-hydrogen) atoms. The Kier molecular flexibility index (Phi) is 4.35. The summed E-state index contributed by atoms with van der Waals surface area (Å²) >= 11 is 0. The highest BCUT2D eigenvalue weighted by atomic mass is 32.2. The minimum atomic E-state index is -3.99. The Morgan fingerprint density at radius 3 is 2.30 bits per heavy atom. The number of aromatic amines is 1. The maximum absolute atomic E-state index is 13.4. The molecule has 0 saturated carbocycles. The molecule has 0 amide bonds. The predicted molar refractivity (Wildman–Crippen MR) is 95.9 cm³/mol. The minimum Gasteiger partial charge on any atom is -0.306 e. The van der Waals surface area contributed by atoms with E-state index in [0.29, 0.717) is 18.9 Å². The first kappa shape index (κ1) is 17.9. The van der Waals surface area contributed by atoms with Gasteiger partial charge in [-0.1, -0.05) is 12.1 Å². The Labute approximate surface area is 154 Å². The number of nitrogens with zero attached hydrogens (tertiary/aromatic N) is 2. The zero-order chi connectivity index (χ0) is 19.2. The van der Waals surface area contributed by atoms with Crippen molar-refractivity contribution < 1.29 is 17.2 Å². The first-order valence-electron chi connectivity index (χ1n) is 8.52. The smallest absolute Gasteiger partial charge is 0.306 e. The van der Waals surface area contributed by atoms with Crippen molar-refractivity contribution in [1.82, 2.24) is 13.9 Å². The van der Waals surface area contributed by atoms with Gasteiger partial charge in [-0.15, -0.1) is 0 Å². The molecule has 9 heteroatoms. The Bertz CT molecular complexity index is 1140. The van der Waals surface area contributed by atoms with Gasteiger partial charge in [-0.2, -0.15) is 4.31 Å². The van der Waals surface area contributed by atoms with Crippen molar-refractivity contribution in [3.63, 3.8) is 0 Å². The summed E-state index contributed by atoms with van der Waals surface area (Å²) in [7, 11) is -3.99. The van der Waals surface area contributed by atoms with Crippen LogP contribution in [-0.4, -0.2) is 35.4 Å². The summed E-state index contributed by atoms with van der Waals surface area (Å²) in [6, 6.07) is 9.43. The lowest BCUT2D eigenvalue weighted by Gasteiger charge is -2.31. The zero-order valence-corrected chi connectivity index (χ0v) is 15.0. The summed E-state index contributed by atoms with van der Waals surface area (Å²) in [4.78, 5) is 14.7. The van der Waals surface area contributed by atoms with E-state index in [2.05, 4.69) is 4.98 Å². The van der Waals surface area contributed by atoms with Crippen molar-refractivity contribution in [3.05, 3.63) is 64.6 Å². The third-order valence-corrected chi connectivity index (χ3v) is 6.76. The van der Waals surface area contributed by atoms with E-state index in [1.165, 1.54) is 4.31 Å². The quantitative estimate of drug-likeness (QED) is 0.743. The molecule has 4 rings (SSSR count). The molecule has 2 aromatic carbocycles. The van der Waals surface area contributed by atoms with Crippen molar-refractivity contribution in [3.8, 4) is 0 Å². The second-order valence-corrected chi connectivity index (χ2v) is 8.50. The van der Waals surface area contributed by atoms with Crippen molar-refractivity contribution in [2.75, 3.05) is 13.1 Å². The number of para-hydroxylation sites is 2. The van der Waals surface area contributed by atoms with E-state index in [-0.39, 0.29) is 24.8 Å². The van der Waals surface area contributed by atoms with Crippen LogP contribution in [0.3, 0.4) is 0 Å². The summed E-state index contributed by atoms with van der Waals surface area (Å²) < 4.78 is 55.0. The van der Waals surface area contributed by atoms with Crippen LogP contribution in [0.15, 0.2) is 52.2 Å². The van der Waals surface area contributed by atoms with Gasteiger partial charge >= 0.3 is 5.69 Å². The standard InChI is InChI=1S/C18H17F2N3O3S/c19-12-9-13(20)11-15(10-12)27(25,26)22-7-5-14(6-8-22)23-17-4-2-1-3-16(17)21-18(23)24/h1-4,9-11,14H,5-8H2,(H,21,24). The molecule has 0 atom stereocenters. The largest absolute Gasteiger partial charge is 0.326 e. The highest BCUT2D eigenvalue weighted by molar-refractivity contribution is 7.89. The van der Waals surface area contributed by atoms with Crippen molar-refractivity contribution in [2.45, 2.75) is 23.8 Å². The molecule has 0 aliphatic carbocycles. The monoisotopic (exact) mass is 393 g/mol. The van der Waals surface area contributed by atoms with Crippen LogP contribution in [0.25, 0.3) is 11.0 Å². The number of imidazole rings is 1. The average molecular weight is 393 g/mol. The number of rotatable bonds is 3. The summed E-state index contributed by atoms with van der Waals surface area (Å²) in [5.74, 6) is -1.87. The van der Waals surface area contributed by atoms with Crippen molar-refractivity contribution in [2.24, 2.45) is 0 Å². The van der Waals surface area contributed by atoms with Crippen molar-refractivity contribution >= 4 is 21.1 Å². The first-order chi connectivity index (χ1) is 12.9. The minimum absolute atomic E-state index is 0.149. The maximum Gasteiger partial charge on any atom is 0.326 e. The summed E-state index contributed by atoms with van der Waals surface area (Å²) in [6.07, 6.45) is 0.859. The van der Waals surface area contributed by atoms with Gasteiger partial charge in [0.25, 0.3) is 0 Å². The van der Waals surface area contributed by atoms with E-state index in [4.69, 9.17) is 0 Å². The first-order valence-corrected chi connectivity index (χ1v) is 9.96. The number of aromatic nitrogens is 2. The number of H-pyrrole nitrogens is 1. The molecular weight excluding hydrogens is 376 g/mol. The molecule has 1 fully saturated rings. The van der Waals surface area contributed by atoms with Gasteiger partial charge in [0.15, 0.2) is 0 Å². The number of hydrogen-bond donors (Lipinski definition) is 1. The highest BCUT2D eigenvalue weighted by Crippen LogP contribution is 2.28. The molecule has 0 unspecified atom stereocenters. The fourth-order valence-electron chi connectivity index (χ4n) is 3.60. The van der Waals surface area contributed by atoms with Gasteiger partial charge < -0.3 is 4.98 Å². The van der Waals surface area contributed by atoms with E-state index >= 15 is 0 Å². The third kappa shape index (κ3) is 3.17.